The van der Waals surface area contributed by atoms with Crippen LogP contribution in [0.4, 0.5) is 0 Å². The van der Waals surface area contributed by atoms with Gasteiger partial charge in [-0.25, -0.2) is 0 Å². The minimum Gasteiger partial charge on any atom is -0.544 e. The van der Waals surface area contributed by atoms with E-state index in [1.165, 1.54) is 0 Å². The number of amides is 2. The molecule has 22 nitrogen and oxygen atoms in total. The molecule has 0 spiro atoms. The number of carboxylic acid groups (broad SMARTS) is 1. The maximum atomic E-state index is 11.7. The number of carboxylic acids is 1. The molecule has 2 aliphatic rings. The van der Waals surface area contributed by atoms with Gasteiger partial charge in [0.1, 0.15) is 61.7 Å². The molecule has 4 unspecified atom stereocenters. The van der Waals surface area contributed by atoms with Gasteiger partial charge in [0.25, 0.3) is 0 Å². The van der Waals surface area contributed by atoms with E-state index in [0.717, 1.165) is 7.11 Å². The molecule has 2 rings (SSSR count). The van der Waals surface area contributed by atoms with Crippen molar-refractivity contribution in [2.24, 2.45) is 10.2 Å². The summed E-state index contributed by atoms with van der Waals surface area (Å²) < 4.78 is 14.9. The third-order valence-electron chi connectivity index (χ3n) is 6.20. The summed E-state index contributed by atoms with van der Waals surface area (Å²) in [6.07, 6.45) is -10.6. The first-order chi connectivity index (χ1) is 19.8. The number of methoxy groups -OCH3 is 1. The Bertz CT molecular complexity index is 1010. The van der Waals surface area contributed by atoms with Crippen LogP contribution >= 0.6 is 0 Å². The van der Waals surface area contributed by atoms with Gasteiger partial charge in [-0.2, -0.15) is 0 Å². The van der Waals surface area contributed by atoms with Crippen molar-refractivity contribution in [3.05, 3.63) is 20.9 Å². The zero-order valence-electron chi connectivity index (χ0n) is 22.1. The molecule has 2 saturated heterocycles. The fraction of sp³-hybridized carbons (Fsp3) is 0.850. The zero-order valence-corrected chi connectivity index (χ0v) is 22.1. The maximum Gasteiger partial charge on any atom is 0.226 e. The number of nitrogens with zero attached hydrogens (tertiary/aromatic N) is 6. The Kier molecular flexibility index (Phi) is 15.3. The van der Waals surface area contributed by atoms with Crippen LogP contribution in [-0.2, 0) is 28.6 Å². The van der Waals surface area contributed by atoms with Gasteiger partial charge >= 0.3 is 0 Å². The van der Waals surface area contributed by atoms with E-state index < -0.39 is 105 Å². The van der Waals surface area contributed by atoms with E-state index in [1.54, 1.807) is 0 Å². The second-order valence-electron chi connectivity index (χ2n) is 8.88. The number of nitrogens with one attached hydrogen (secondary N) is 2. The van der Waals surface area contributed by atoms with Gasteiger partial charge in [0.05, 0.1) is 19.3 Å². The Morgan fingerprint density at radius 2 is 1.64 bits per heavy atom. The van der Waals surface area contributed by atoms with Crippen LogP contribution in [0.3, 0.4) is 0 Å². The molecule has 2 heterocycles. The lowest BCUT2D eigenvalue weighted by atomic mass is 9.91. The number of azide groups is 2. The summed E-state index contributed by atoms with van der Waals surface area (Å²) in [5, 5.41) is 88.1. The molecular weight excluding hydrogens is 576 g/mol. The molecule has 0 aromatic rings. The second kappa shape index (κ2) is 17.6. The van der Waals surface area contributed by atoms with Crippen molar-refractivity contribution in [3.8, 4) is 0 Å². The van der Waals surface area contributed by atoms with Crippen LogP contribution in [0.25, 0.3) is 20.9 Å². The van der Waals surface area contributed by atoms with Gasteiger partial charge in [-0.1, -0.05) is 10.2 Å². The predicted octanol–water partition coefficient (Wildman–Crippen LogP) is -6.02. The van der Waals surface area contributed by atoms with E-state index in [1.807, 2.05) is 0 Å². The number of hydrogen-bond donors (Lipinski definition) is 9. The molecule has 0 aliphatic carbocycles. The Morgan fingerprint density at radius 1 is 1.07 bits per heavy atom. The lowest BCUT2D eigenvalue weighted by Gasteiger charge is -2.46. The minimum absolute atomic E-state index is 0.00367. The maximum absolute atomic E-state index is 11.7. The van der Waals surface area contributed by atoms with E-state index >= 15 is 0 Å². The van der Waals surface area contributed by atoms with Crippen LogP contribution < -0.4 is 15.7 Å². The van der Waals surface area contributed by atoms with E-state index in [-0.39, 0.29) is 12.8 Å². The number of ether oxygens (including phenoxy) is 3. The number of aliphatic hydroxyl groups is 7. The zero-order chi connectivity index (χ0) is 32.0. The summed E-state index contributed by atoms with van der Waals surface area (Å²) in [6.45, 7) is -2.42. The van der Waals surface area contributed by atoms with Crippen LogP contribution in [0, 0.1) is 0 Å². The van der Waals surface area contributed by atoms with Gasteiger partial charge in [0, 0.05) is 23.4 Å². The molecule has 0 saturated carbocycles. The van der Waals surface area contributed by atoms with Gasteiger partial charge < -0.3 is 70.5 Å². The smallest absolute Gasteiger partial charge is 0.226 e. The van der Waals surface area contributed by atoms with Crippen LogP contribution in [-0.4, -0.2) is 148 Å². The summed E-state index contributed by atoms with van der Waals surface area (Å²) >= 11 is 0. The highest BCUT2D eigenvalue weighted by Gasteiger charge is 2.48. The molecule has 2 amide bonds. The van der Waals surface area contributed by atoms with E-state index in [4.69, 9.17) is 35.5 Å². The Hall–Kier alpha value is -3.37. The Morgan fingerprint density at radius 3 is 2.12 bits per heavy atom. The number of carbonyl (C=O) groups is 3. The number of aliphatic carboxylic acids is 1. The first-order valence-corrected chi connectivity index (χ1v) is 12.1. The van der Waals surface area contributed by atoms with Crippen LogP contribution in [0.5, 0.6) is 0 Å². The lowest BCUT2D eigenvalue weighted by molar-refractivity contribution is -0.372. The largest absolute Gasteiger partial charge is 0.544 e. The molecular formula is C20H33N8O14-. The summed E-state index contributed by atoms with van der Waals surface area (Å²) in [5.74, 6) is -5.27. The molecule has 0 radical (unpaired) electrons. The van der Waals surface area contributed by atoms with Crippen molar-refractivity contribution < 1.29 is 69.4 Å². The molecule has 2 aliphatic heterocycles. The van der Waals surface area contributed by atoms with E-state index in [0.29, 0.717) is 0 Å². The van der Waals surface area contributed by atoms with Gasteiger partial charge in [-0.15, -0.1) is 0 Å². The monoisotopic (exact) mass is 609 g/mol. The Balaban J connectivity index is 0.000000437. The molecule has 9 N–H and O–H groups in total. The highest BCUT2D eigenvalue weighted by molar-refractivity contribution is 5.79. The first-order valence-electron chi connectivity index (χ1n) is 12.1. The first kappa shape index (κ1) is 36.7. The van der Waals surface area contributed by atoms with Crippen molar-refractivity contribution in [1.82, 2.24) is 10.6 Å². The Labute approximate surface area is 236 Å². The fourth-order valence-electron chi connectivity index (χ4n) is 3.97. The quantitative estimate of drug-likeness (QED) is 0.0565. The van der Waals surface area contributed by atoms with Crippen LogP contribution in [0.15, 0.2) is 10.2 Å². The highest BCUT2D eigenvalue weighted by atomic mass is 16.7. The topological polar surface area (TPSA) is 365 Å². The molecule has 42 heavy (non-hydrogen) atoms. The van der Waals surface area contributed by atoms with Crippen molar-refractivity contribution in [2.75, 3.05) is 33.4 Å². The fourth-order valence-corrected chi connectivity index (χ4v) is 3.97. The summed E-state index contributed by atoms with van der Waals surface area (Å²) in [5.41, 5.74) is 16.2. The molecule has 0 aromatic carbocycles. The second-order valence-corrected chi connectivity index (χ2v) is 8.88. The SMILES string of the molecule is CO[C@]1(C(=O)[O-])CC[C@@H](NC(=O)CN=[N+]=[N-])C([C@H](O)[C@H](O)CO)O1.[N-]=[N+]=NCC(=O)NC1C(O)OC(CO)[C@@H](O)[C@@H]1O. The lowest BCUT2D eigenvalue weighted by Crippen LogP contribution is -2.65. The average molecular weight is 610 g/mol. The third kappa shape index (κ3) is 9.87. The number of hydrogen-bond acceptors (Lipinski definition) is 16. The van der Waals surface area contributed by atoms with Crippen LogP contribution in [0.1, 0.15) is 12.8 Å². The summed E-state index contributed by atoms with van der Waals surface area (Å²) in [4.78, 5) is 39.0. The van der Waals surface area contributed by atoms with Gasteiger partial charge in [0.15, 0.2) is 6.29 Å². The molecule has 0 bridgehead atoms. The van der Waals surface area contributed by atoms with Gasteiger partial charge in [0.2, 0.25) is 17.6 Å². The van der Waals surface area contributed by atoms with Crippen molar-refractivity contribution >= 4 is 17.8 Å². The minimum atomic E-state index is -2.16. The molecule has 238 valence electrons. The third-order valence-corrected chi connectivity index (χ3v) is 6.20. The summed E-state index contributed by atoms with van der Waals surface area (Å²) in [6, 6.07) is -2.19. The van der Waals surface area contributed by atoms with E-state index in [9.17, 15) is 45.0 Å². The molecule has 22 heteroatoms. The standard InChI is InChI=1S/C12H20N4O8.C8H14N4O6/c1-23-12(11(21)22)3-2-6(15-8(19)4-14-16-13)10(24-12)9(20)7(18)5-17;9-12-10-1-4(14)11-5-7(16)6(15)3(2-13)18-8(5)17/h6-7,9-10,17-18,20H,2-5H2,1H3,(H,15,19)(H,21,22);3,5-8,13,15-17H,1-2H2,(H,11,14)/p-1/t6-,7-,9-,10?,12-;3?,5?,6-,7-,8?/m11/s1. The van der Waals surface area contributed by atoms with Gasteiger partial charge in [-0.3, -0.25) is 9.59 Å². The van der Waals surface area contributed by atoms with Crippen LogP contribution in [0.2, 0.25) is 0 Å². The number of carbonyl (C=O) groups excluding carboxylic acids is 3. The number of aliphatic hydroxyl groups excluding tert-OH is 7. The van der Waals surface area contributed by atoms with Gasteiger partial charge in [-0.05, 0) is 17.5 Å². The van der Waals surface area contributed by atoms with Crippen molar-refractivity contribution in [1.29, 1.82) is 0 Å². The average Bonchev–Trinajstić information content (AvgIpc) is 2.98. The highest BCUT2D eigenvalue weighted by Crippen LogP contribution is 2.32. The number of rotatable bonds is 12. The molecule has 2 fully saturated rings. The van der Waals surface area contributed by atoms with E-state index in [2.05, 4.69) is 30.7 Å². The molecule has 10 atom stereocenters. The predicted molar refractivity (Wildman–Crippen MR) is 130 cm³/mol. The normalized spacial score (nSPS) is 32.0. The summed E-state index contributed by atoms with van der Waals surface area (Å²) in [7, 11) is 1.07. The molecule has 0 aromatic heterocycles. The van der Waals surface area contributed by atoms with Crippen molar-refractivity contribution in [2.45, 2.75) is 73.6 Å². The van der Waals surface area contributed by atoms with Crippen molar-refractivity contribution in [3.63, 3.8) is 0 Å².